The number of halogens is 1. The molecule has 2 N–H and O–H groups in total. The van der Waals surface area contributed by atoms with Crippen LogP contribution in [0.2, 0.25) is 5.02 Å². The van der Waals surface area contributed by atoms with Gasteiger partial charge in [0.1, 0.15) is 5.41 Å². The molecule has 2 aliphatic heterocycles. The third kappa shape index (κ3) is 1.16. The first-order valence-corrected chi connectivity index (χ1v) is 5.61. The van der Waals surface area contributed by atoms with Crippen LogP contribution in [-0.4, -0.2) is 19.0 Å². The second kappa shape index (κ2) is 3.34. The summed E-state index contributed by atoms with van der Waals surface area (Å²) < 4.78 is 0. The van der Waals surface area contributed by atoms with Gasteiger partial charge in [-0.25, -0.2) is 0 Å². The Kier molecular flexibility index (Phi) is 2.06. The monoisotopic (exact) mass is 234 g/mol. The van der Waals surface area contributed by atoms with E-state index >= 15 is 0 Å². The van der Waals surface area contributed by atoms with Crippen LogP contribution in [-0.2, 0) is 10.2 Å². The smallest absolute Gasteiger partial charge is 0.240 e. The summed E-state index contributed by atoms with van der Waals surface area (Å²) in [6.45, 7) is 1.40. The Balaban J connectivity index is 2.25. The van der Waals surface area contributed by atoms with Gasteiger partial charge in [0.2, 0.25) is 5.91 Å². The van der Waals surface area contributed by atoms with Crippen LogP contribution in [0.15, 0.2) is 30.4 Å². The van der Waals surface area contributed by atoms with Gasteiger partial charge < -0.3 is 10.6 Å². The molecule has 0 aromatic heterocycles. The molecule has 1 aromatic carbocycles. The normalized spacial score (nSPS) is 26.9. The zero-order valence-corrected chi connectivity index (χ0v) is 9.34. The zero-order valence-electron chi connectivity index (χ0n) is 8.59. The fraction of sp³-hybridized carbons (Fsp3) is 0.250. The summed E-state index contributed by atoms with van der Waals surface area (Å²) in [6, 6.07) is 5.56. The molecular weight excluding hydrogens is 224 g/mol. The highest BCUT2D eigenvalue weighted by Crippen LogP contribution is 2.43. The molecule has 1 aromatic rings. The molecule has 3 nitrogen and oxygen atoms in total. The summed E-state index contributed by atoms with van der Waals surface area (Å²) in [4.78, 5) is 12.1. The van der Waals surface area contributed by atoms with Crippen LogP contribution in [0.25, 0.3) is 0 Å². The van der Waals surface area contributed by atoms with Crippen LogP contribution in [0.4, 0.5) is 5.69 Å². The Morgan fingerprint density at radius 2 is 2.25 bits per heavy atom. The molecule has 0 unspecified atom stereocenters. The number of fused-ring (bicyclic) bond motifs is 2. The van der Waals surface area contributed by atoms with Crippen molar-refractivity contribution in [3.05, 3.63) is 40.9 Å². The molecule has 0 aliphatic carbocycles. The first-order chi connectivity index (χ1) is 7.74. The van der Waals surface area contributed by atoms with Gasteiger partial charge in [0.25, 0.3) is 0 Å². The molecule has 0 fully saturated rings. The molecular formula is C12H11ClN2O. The Morgan fingerprint density at radius 1 is 1.38 bits per heavy atom. The van der Waals surface area contributed by atoms with Crippen LogP contribution in [0.1, 0.15) is 5.56 Å². The minimum Gasteiger partial charge on any atom is -0.325 e. The van der Waals surface area contributed by atoms with Crippen LogP contribution in [0.5, 0.6) is 0 Å². The van der Waals surface area contributed by atoms with Crippen LogP contribution in [0, 0.1) is 0 Å². The molecule has 1 atom stereocenters. The third-order valence-electron chi connectivity index (χ3n) is 3.18. The highest BCUT2D eigenvalue weighted by Gasteiger charge is 2.46. The maximum Gasteiger partial charge on any atom is 0.240 e. The second-order valence-electron chi connectivity index (χ2n) is 4.12. The van der Waals surface area contributed by atoms with Crippen LogP contribution in [0.3, 0.4) is 0 Å². The van der Waals surface area contributed by atoms with Gasteiger partial charge in [-0.1, -0.05) is 29.8 Å². The average Bonchev–Trinajstić information content (AvgIpc) is 2.55. The van der Waals surface area contributed by atoms with Gasteiger partial charge in [-0.2, -0.15) is 0 Å². The number of benzene rings is 1. The first kappa shape index (κ1) is 9.87. The SMILES string of the molecule is O=C1Nc2cccc(Cl)c2[C@]12C=CCNC2. The van der Waals surface area contributed by atoms with E-state index in [0.29, 0.717) is 11.6 Å². The van der Waals surface area contributed by atoms with Crippen molar-refractivity contribution < 1.29 is 4.79 Å². The molecule has 1 amide bonds. The first-order valence-electron chi connectivity index (χ1n) is 5.23. The molecule has 82 valence electrons. The van der Waals surface area contributed by atoms with Gasteiger partial charge >= 0.3 is 0 Å². The predicted molar refractivity (Wildman–Crippen MR) is 63.8 cm³/mol. The molecule has 4 heteroatoms. The Labute approximate surface area is 98.5 Å². The number of nitrogens with one attached hydrogen (secondary N) is 2. The Morgan fingerprint density at radius 3 is 3.00 bits per heavy atom. The lowest BCUT2D eigenvalue weighted by Gasteiger charge is -2.27. The van der Waals surface area contributed by atoms with E-state index in [-0.39, 0.29) is 5.91 Å². The fourth-order valence-corrected chi connectivity index (χ4v) is 2.77. The lowest BCUT2D eigenvalue weighted by atomic mass is 9.80. The fourth-order valence-electron chi connectivity index (χ4n) is 2.43. The molecule has 2 aliphatic rings. The highest BCUT2D eigenvalue weighted by atomic mass is 35.5. The van der Waals surface area contributed by atoms with Crippen molar-refractivity contribution in [1.82, 2.24) is 5.32 Å². The van der Waals surface area contributed by atoms with Crippen molar-refractivity contribution >= 4 is 23.2 Å². The second-order valence-corrected chi connectivity index (χ2v) is 4.53. The minimum atomic E-state index is -0.619. The lowest BCUT2D eigenvalue weighted by molar-refractivity contribution is -0.119. The van der Waals surface area contributed by atoms with Gasteiger partial charge in [-0.3, -0.25) is 4.79 Å². The number of carbonyl (C=O) groups excluding carboxylic acids is 1. The summed E-state index contributed by atoms with van der Waals surface area (Å²) in [6.07, 6.45) is 3.93. The van der Waals surface area contributed by atoms with E-state index < -0.39 is 5.41 Å². The lowest BCUT2D eigenvalue weighted by Crippen LogP contribution is -2.45. The number of amides is 1. The van der Waals surface area contributed by atoms with E-state index in [2.05, 4.69) is 10.6 Å². The number of hydrogen-bond acceptors (Lipinski definition) is 2. The maximum absolute atomic E-state index is 12.1. The molecule has 3 rings (SSSR count). The van der Waals surface area contributed by atoms with Crippen molar-refractivity contribution in [2.75, 3.05) is 18.4 Å². The van der Waals surface area contributed by atoms with Crippen molar-refractivity contribution in [3.8, 4) is 0 Å². The number of hydrogen-bond donors (Lipinski definition) is 2. The van der Waals surface area contributed by atoms with Gasteiger partial charge in [-0.05, 0) is 12.1 Å². The van der Waals surface area contributed by atoms with Gasteiger partial charge in [-0.15, -0.1) is 0 Å². The number of carbonyl (C=O) groups is 1. The summed E-state index contributed by atoms with van der Waals surface area (Å²) in [7, 11) is 0. The molecule has 0 bridgehead atoms. The summed E-state index contributed by atoms with van der Waals surface area (Å²) in [5.41, 5.74) is 1.10. The van der Waals surface area contributed by atoms with Gasteiger partial charge in [0, 0.05) is 29.4 Å². The van der Waals surface area contributed by atoms with E-state index in [4.69, 9.17) is 11.6 Å². The molecule has 0 saturated heterocycles. The molecule has 2 heterocycles. The maximum atomic E-state index is 12.1. The van der Waals surface area contributed by atoms with Crippen molar-refractivity contribution in [2.24, 2.45) is 0 Å². The molecule has 16 heavy (non-hydrogen) atoms. The van der Waals surface area contributed by atoms with Gasteiger partial charge in [0.15, 0.2) is 0 Å². The minimum absolute atomic E-state index is 0.000880. The summed E-state index contributed by atoms with van der Waals surface area (Å²) >= 11 is 6.20. The molecule has 0 radical (unpaired) electrons. The van der Waals surface area contributed by atoms with E-state index in [9.17, 15) is 4.79 Å². The highest BCUT2D eigenvalue weighted by molar-refractivity contribution is 6.33. The van der Waals surface area contributed by atoms with Crippen molar-refractivity contribution in [3.63, 3.8) is 0 Å². The summed E-state index contributed by atoms with van der Waals surface area (Å²) in [5.74, 6) is -0.000880. The quantitative estimate of drug-likeness (QED) is 0.671. The Bertz CT molecular complexity index is 498. The average molecular weight is 235 g/mol. The largest absolute Gasteiger partial charge is 0.325 e. The van der Waals surface area contributed by atoms with Gasteiger partial charge in [0.05, 0.1) is 0 Å². The molecule has 0 saturated carbocycles. The topological polar surface area (TPSA) is 41.1 Å². The van der Waals surface area contributed by atoms with E-state index in [1.807, 2.05) is 30.4 Å². The Hall–Kier alpha value is -1.32. The zero-order chi connectivity index (χ0) is 11.2. The van der Waals surface area contributed by atoms with Crippen molar-refractivity contribution in [2.45, 2.75) is 5.41 Å². The van der Waals surface area contributed by atoms with Crippen LogP contribution >= 0.6 is 11.6 Å². The standard InChI is InChI=1S/C12H11ClN2O/c13-8-3-1-4-9-10(8)12(11(16)15-9)5-2-6-14-7-12/h1-5,14H,6-7H2,(H,15,16)/t12-/m1/s1. The van der Waals surface area contributed by atoms with Crippen LogP contribution < -0.4 is 10.6 Å². The third-order valence-corrected chi connectivity index (χ3v) is 3.50. The molecule has 1 spiro atoms. The van der Waals surface area contributed by atoms with Crippen molar-refractivity contribution in [1.29, 1.82) is 0 Å². The number of rotatable bonds is 0. The van der Waals surface area contributed by atoms with E-state index in [1.54, 1.807) is 0 Å². The van der Waals surface area contributed by atoms with E-state index in [0.717, 1.165) is 17.8 Å². The number of anilines is 1. The predicted octanol–water partition coefficient (Wildman–Crippen LogP) is 1.69. The van der Waals surface area contributed by atoms with E-state index in [1.165, 1.54) is 0 Å². The summed E-state index contributed by atoms with van der Waals surface area (Å²) in [5, 5.41) is 6.74.